The van der Waals surface area contributed by atoms with Gasteiger partial charge in [-0.25, -0.2) is 0 Å². The van der Waals surface area contributed by atoms with Crippen LogP contribution in [0.3, 0.4) is 0 Å². The summed E-state index contributed by atoms with van der Waals surface area (Å²) in [6.45, 7) is 4.04. The number of hydrogen-bond donors (Lipinski definition) is 3. The maximum absolute atomic E-state index is 13.6. The number of nitrogens with one attached hydrogen (secondary N) is 1. The van der Waals surface area contributed by atoms with Gasteiger partial charge in [-0.2, -0.15) is 0 Å². The van der Waals surface area contributed by atoms with Crippen molar-refractivity contribution in [2.24, 2.45) is 17.6 Å². The summed E-state index contributed by atoms with van der Waals surface area (Å²) in [7, 11) is -3.04. The fourth-order valence-electron chi connectivity index (χ4n) is 3.73. The van der Waals surface area contributed by atoms with Gasteiger partial charge in [-0.1, -0.05) is 63.4 Å². The summed E-state index contributed by atoms with van der Waals surface area (Å²) < 4.78 is 19.6. The lowest BCUT2D eigenvalue weighted by Crippen LogP contribution is -2.46. The second kappa shape index (κ2) is 11.8. The van der Waals surface area contributed by atoms with E-state index in [-0.39, 0.29) is 31.1 Å². The van der Waals surface area contributed by atoms with Crippen LogP contribution in [0.4, 0.5) is 0 Å². The molecule has 0 bridgehead atoms. The molecular formula is C22H37N2O4P. The standard InChI is InChI=1S/C22H37N2O4P/c1-17(2)21(23)22(26)24-13-20(25)16-29(27,15-19-11-7-4-8-12-19)28-14-18-9-5-3-6-10-18/h3,5-6,9-10,17,19-21,25H,4,7-8,11-16,23H2,1-2H3,(H,24,26)/t20-,21-,29?/m0/s1. The van der Waals surface area contributed by atoms with E-state index >= 15 is 0 Å². The Balaban J connectivity index is 1.95. The number of amides is 1. The minimum atomic E-state index is -3.04. The Morgan fingerprint density at radius 3 is 2.52 bits per heavy atom. The Hall–Kier alpha value is -1.20. The first-order valence-electron chi connectivity index (χ1n) is 10.8. The van der Waals surface area contributed by atoms with Crippen LogP contribution in [0.5, 0.6) is 0 Å². The average molecular weight is 425 g/mol. The molecule has 1 amide bonds. The number of aliphatic hydroxyl groups excluding tert-OH is 1. The van der Waals surface area contributed by atoms with Crippen LogP contribution in [-0.2, 0) is 20.5 Å². The minimum absolute atomic E-state index is 0.0127. The van der Waals surface area contributed by atoms with Gasteiger partial charge in [-0.05, 0) is 30.2 Å². The number of hydrogen-bond acceptors (Lipinski definition) is 5. The van der Waals surface area contributed by atoms with Crippen LogP contribution in [-0.4, -0.2) is 42.0 Å². The summed E-state index contributed by atoms with van der Waals surface area (Å²) >= 11 is 0. The molecule has 29 heavy (non-hydrogen) atoms. The first kappa shape index (κ1) is 24.1. The van der Waals surface area contributed by atoms with Crippen LogP contribution >= 0.6 is 7.37 Å². The second-order valence-corrected chi connectivity index (χ2v) is 11.2. The highest BCUT2D eigenvalue weighted by atomic mass is 31.2. The highest BCUT2D eigenvalue weighted by Crippen LogP contribution is 2.51. The topological polar surface area (TPSA) is 102 Å². The van der Waals surface area contributed by atoms with Crippen molar-refractivity contribution < 1.29 is 19.0 Å². The van der Waals surface area contributed by atoms with Crippen molar-refractivity contribution in [3.8, 4) is 0 Å². The molecule has 6 nitrogen and oxygen atoms in total. The van der Waals surface area contributed by atoms with Crippen molar-refractivity contribution >= 4 is 13.3 Å². The van der Waals surface area contributed by atoms with Gasteiger partial charge >= 0.3 is 0 Å². The van der Waals surface area contributed by atoms with Crippen molar-refractivity contribution in [1.29, 1.82) is 0 Å². The highest BCUT2D eigenvalue weighted by molar-refractivity contribution is 7.59. The Bertz CT molecular complexity index is 662. The van der Waals surface area contributed by atoms with Crippen molar-refractivity contribution in [3.63, 3.8) is 0 Å². The van der Waals surface area contributed by atoms with E-state index in [1.54, 1.807) is 0 Å². The van der Waals surface area contributed by atoms with Crippen LogP contribution in [0, 0.1) is 11.8 Å². The van der Waals surface area contributed by atoms with E-state index in [1.807, 2.05) is 44.2 Å². The molecule has 0 spiro atoms. The fourth-order valence-corrected chi connectivity index (χ4v) is 6.40. The fraction of sp³-hybridized carbons (Fsp3) is 0.682. The molecule has 4 N–H and O–H groups in total. The monoisotopic (exact) mass is 424 g/mol. The number of benzene rings is 1. The maximum atomic E-state index is 13.6. The average Bonchev–Trinajstić information content (AvgIpc) is 2.71. The van der Waals surface area contributed by atoms with Crippen LogP contribution in [0.15, 0.2) is 30.3 Å². The summed E-state index contributed by atoms with van der Waals surface area (Å²) in [5.41, 5.74) is 6.80. The third kappa shape index (κ3) is 8.59. The van der Waals surface area contributed by atoms with Crippen molar-refractivity contribution in [1.82, 2.24) is 5.32 Å². The molecule has 0 radical (unpaired) electrons. The Kier molecular flexibility index (Phi) is 9.84. The van der Waals surface area contributed by atoms with Crippen molar-refractivity contribution in [3.05, 3.63) is 35.9 Å². The van der Waals surface area contributed by atoms with Gasteiger partial charge in [0.05, 0.1) is 24.9 Å². The molecule has 1 fully saturated rings. The summed E-state index contributed by atoms with van der Waals surface area (Å²) in [6, 6.07) is 9.04. The van der Waals surface area contributed by atoms with Gasteiger partial charge in [0.2, 0.25) is 13.3 Å². The number of carbonyl (C=O) groups excluding carboxylic acids is 1. The zero-order valence-corrected chi connectivity index (χ0v) is 18.7. The normalized spacial score (nSPS) is 19.5. The third-order valence-corrected chi connectivity index (χ3v) is 8.24. The first-order chi connectivity index (χ1) is 13.8. The SMILES string of the molecule is CC(C)[C@H](N)C(=O)NC[C@H](O)CP(=O)(CC1CCCCC1)OCc1ccccc1. The highest BCUT2D eigenvalue weighted by Gasteiger charge is 2.32. The molecule has 164 valence electrons. The summed E-state index contributed by atoms with van der Waals surface area (Å²) in [4.78, 5) is 12.0. The van der Waals surface area contributed by atoms with Crippen molar-refractivity contribution in [2.45, 2.75) is 64.7 Å². The number of aliphatic hydroxyl groups is 1. The molecule has 1 aromatic rings. The number of carbonyl (C=O) groups is 1. The second-order valence-electron chi connectivity index (χ2n) is 8.61. The molecule has 0 saturated heterocycles. The molecule has 1 aromatic carbocycles. The molecule has 0 aliphatic heterocycles. The molecule has 0 aromatic heterocycles. The van der Waals surface area contributed by atoms with E-state index < -0.39 is 19.5 Å². The van der Waals surface area contributed by atoms with E-state index in [9.17, 15) is 14.5 Å². The van der Waals surface area contributed by atoms with Crippen LogP contribution in [0.2, 0.25) is 0 Å². The summed E-state index contributed by atoms with van der Waals surface area (Å²) in [6.07, 6.45) is 5.30. The van der Waals surface area contributed by atoms with Gasteiger partial charge in [-0.15, -0.1) is 0 Å². The van der Waals surface area contributed by atoms with Gasteiger partial charge in [0.1, 0.15) is 0 Å². The predicted octanol–water partition coefficient (Wildman–Crippen LogP) is 3.52. The summed E-state index contributed by atoms with van der Waals surface area (Å²) in [5.74, 6) is 0.0895. The van der Waals surface area contributed by atoms with Gasteiger partial charge in [0.15, 0.2) is 0 Å². The van der Waals surface area contributed by atoms with E-state index in [0.29, 0.717) is 12.1 Å². The molecule has 1 unspecified atom stereocenters. The van der Waals surface area contributed by atoms with E-state index in [2.05, 4.69) is 5.32 Å². The lowest BCUT2D eigenvalue weighted by atomic mass is 9.91. The Labute approximate surface area is 175 Å². The zero-order valence-electron chi connectivity index (χ0n) is 17.8. The third-order valence-electron chi connectivity index (χ3n) is 5.59. The van der Waals surface area contributed by atoms with E-state index in [4.69, 9.17) is 10.3 Å². The van der Waals surface area contributed by atoms with E-state index in [0.717, 1.165) is 31.2 Å². The van der Waals surface area contributed by atoms with Gasteiger partial charge in [0, 0.05) is 12.7 Å². The lowest BCUT2D eigenvalue weighted by Gasteiger charge is -2.28. The molecule has 1 aliphatic rings. The van der Waals surface area contributed by atoms with Gasteiger partial charge in [0.25, 0.3) is 0 Å². The number of rotatable bonds is 11. The minimum Gasteiger partial charge on any atom is -0.391 e. The maximum Gasteiger partial charge on any atom is 0.237 e. The Morgan fingerprint density at radius 2 is 1.90 bits per heavy atom. The molecule has 3 atom stereocenters. The van der Waals surface area contributed by atoms with Crippen LogP contribution in [0.1, 0.15) is 51.5 Å². The predicted molar refractivity (Wildman–Crippen MR) is 117 cm³/mol. The first-order valence-corrected chi connectivity index (χ1v) is 12.8. The Morgan fingerprint density at radius 1 is 1.24 bits per heavy atom. The molecular weight excluding hydrogens is 387 g/mol. The molecule has 1 aliphatic carbocycles. The number of nitrogens with two attached hydrogens (primary N) is 1. The molecule has 0 heterocycles. The summed E-state index contributed by atoms with van der Waals surface area (Å²) in [5, 5.41) is 13.1. The lowest BCUT2D eigenvalue weighted by molar-refractivity contribution is -0.123. The van der Waals surface area contributed by atoms with Crippen LogP contribution in [0.25, 0.3) is 0 Å². The van der Waals surface area contributed by atoms with Gasteiger partial charge < -0.3 is 20.7 Å². The largest absolute Gasteiger partial charge is 0.391 e. The quantitative estimate of drug-likeness (QED) is 0.472. The smallest absolute Gasteiger partial charge is 0.237 e. The van der Waals surface area contributed by atoms with E-state index in [1.165, 1.54) is 6.42 Å². The molecule has 7 heteroatoms. The van der Waals surface area contributed by atoms with Gasteiger partial charge in [-0.3, -0.25) is 9.36 Å². The molecule has 1 saturated carbocycles. The molecule has 2 rings (SSSR count). The zero-order chi connectivity index (χ0) is 21.3. The van der Waals surface area contributed by atoms with Crippen LogP contribution < -0.4 is 11.1 Å². The van der Waals surface area contributed by atoms with Crippen molar-refractivity contribution in [2.75, 3.05) is 18.9 Å².